The molecule has 27 heavy (non-hydrogen) atoms. The molecular formula is C23H30O4. The van der Waals surface area contributed by atoms with Gasteiger partial charge in [-0.05, 0) is 73.8 Å². The molecule has 3 saturated carbocycles. The Morgan fingerprint density at radius 2 is 1.89 bits per heavy atom. The van der Waals surface area contributed by atoms with Crippen LogP contribution in [0, 0.1) is 35.0 Å². The van der Waals surface area contributed by atoms with Gasteiger partial charge in [-0.15, -0.1) is 0 Å². The Hall–Kier alpha value is -1.71. The molecule has 0 N–H and O–H groups in total. The molecule has 0 saturated heterocycles. The SMILES string of the molecule is C=C1C[C@@H]2[C@H](CC[C@]3(C)[C@@H](C(C)=O)CC[C@@H]23)[C@H]2C1=CC(=O)CC2OC(C)=O. The van der Waals surface area contributed by atoms with Crippen molar-refractivity contribution in [1.29, 1.82) is 0 Å². The third-order valence-corrected chi connectivity index (χ3v) is 8.13. The summed E-state index contributed by atoms with van der Waals surface area (Å²) in [6.45, 7) is 9.78. The monoisotopic (exact) mass is 370 g/mol. The molecule has 0 aromatic rings. The van der Waals surface area contributed by atoms with Crippen LogP contribution in [0.15, 0.2) is 23.8 Å². The van der Waals surface area contributed by atoms with Crippen molar-refractivity contribution in [3.8, 4) is 0 Å². The third-order valence-electron chi connectivity index (χ3n) is 8.13. The maximum atomic E-state index is 12.2. The molecule has 0 amide bonds. The van der Waals surface area contributed by atoms with E-state index in [0.717, 1.165) is 43.3 Å². The van der Waals surface area contributed by atoms with Gasteiger partial charge in [0.1, 0.15) is 11.9 Å². The number of ether oxygens (including phenoxy) is 1. The Morgan fingerprint density at radius 3 is 2.56 bits per heavy atom. The first-order valence-corrected chi connectivity index (χ1v) is 10.3. The number of carbonyl (C=O) groups excluding carboxylic acids is 3. The molecule has 146 valence electrons. The first-order valence-electron chi connectivity index (χ1n) is 10.3. The number of carbonyl (C=O) groups is 3. The van der Waals surface area contributed by atoms with Crippen molar-refractivity contribution in [3.05, 3.63) is 23.8 Å². The van der Waals surface area contributed by atoms with E-state index in [0.29, 0.717) is 23.5 Å². The van der Waals surface area contributed by atoms with Crippen molar-refractivity contribution in [3.63, 3.8) is 0 Å². The largest absolute Gasteiger partial charge is 0.461 e. The number of ketones is 2. The zero-order valence-corrected chi connectivity index (χ0v) is 16.6. The van der Waals surface area contributed by atoms with Gasteiger partial charge in [-0.3, -0.25) is 14.4 Å². The lowest BCUT2D eigenvalue weighted by Gasteiger charge is -2.55. The highest BCUT2D eigenvalue weighted by molar-refractivity contribution is 5.93. The van der Waals surface area contributed by atoms with Gasteiger partial charge in [-0.1, -0.05) is 19.1 Å². The van der Waals surface area contributed by atoms with Crippen LogP contribution in [-0.4, -0.2) is 23.6 Å². The third kappa shape index (κ3) is 2.83. The van der Waals surface area contributed by atoms with Gasteiger partial charge in [0.15, 0.2) is 5.78 Å². The van der Waals surface area contributed by atoms with E-state index in [1.165, 1.54) is 6.92 Å². The fraction of sp³-hybridized carbons (Fsp3) is 0.696. The normalized spacial score (nSPS) is 43.3. The minimum Gasteiger partial charge on any atom is -0.461 e. The lowest BCUT2D eigenvalue weighted by Crippen LogP contribution is -2.51. The Morgan fingerprint density at radius 1 is 1.15 bits per heavy atom. The summed E-state index contributed by atoms with van der Waals surface area (Å²) < 4.78 is 5.63. The number of fused-ring (bicyclic) bond motifs is 5. The van der Waals surface area contributed by atoms with Gasteiger partial charge in [0.05, 0.1) is 0 Å². The van der Waals surface area contributed by atoms with Crippen LogP contribution in [0.5, 0.6) is 0 Å². The summed E-state index contributed by atoms with van der Waals surface area (Å²) >= 11 is 0. The van der Waals surface area contributed by atoms with Gasteiger partial charge in [0, 0.05) is 25.2 Å². The van der Waals surface area contributed by atoms with Crippen LogP contribution in [0.25, 0.3) is 0 Å². The zero-order valence-electron chi connectivity index (χ0n) is 16.6. The summed E-state index contributed by atoms with van der Waals surface area (Å²) in [6, 6.07) is 0. The maximum Gasteiger partial charge on any atom is 0.302 e. The Labute approximate surface area is 161 Å². The molecule has 0 aliphatic heterocycles. The van der Waals surface area contributed by atoms with Crippen LogP contribution in [0.2, 0.25) is 0 Å². The van der Waals surface area contributed by atoms with E-state index in [1.54, 1.807) is 13.0 Å². The lowest BCUT2D eigenvalue weighted by atomic mass is 9.50. The maximum absolute atomic E-state index is 12.2. The highest BCUT2D eigenvalue weighted by atomic mass is 16.5. The standard InChI is InChI=1S/C23H30O4/c1-12-9-18-16(7-8-23(4)19(13(2)24)5-6-20(18)23)22-17(12)10-15(26)11-21(22)27-14(3)25/h10,16,18-22H,1,5-9,11H2,2-4H3/t16-,18+,19+,20-,21?,22-,23+/m0/s1. The summed E-state index contributed by atoms with van der Waals surface area (Å²) in [6.07, 6.45) is 6.73. The van der Waals surface area contributed by atoms with Crippen LogP contribution < -0.4 is 0 Å². The molecule has 0 spiro atoms. The fourth-order valence-corrected chi connectivity index (χ4v) is 7.15. The first kappa shape index (κ1) is 18.6. The molecule has 4 aliphatic rings. The summed E-state index contributed by atoms with van der Waals surface area (Å²) in [5.74, 6) is 1.68. The molecule has 1 unspecified atom stereocenters. The highest BCUT2D eigenvalue weighted by Crippen LogP contribution is 2.64. The van der Waals surface area contributed by atoms with Crippen molar-refractivity contribution < 1.29 is 19.1 Å². The van der Waals surface area contributed by atoms with Crippen molar-refractivity contribution >= 4 is 17.5 Å². The summed E-state index contributed by atoms with van der Waals surface area (Å²) in [4.78, 5) is 36.1. The smallest absolute Gasteiger partial charge is 0.302 e. The van der Waals surface area contributed by atoms with Crippen LogP contribution >= 0.6 is 0 Å². The molecule has 4 heteroatoms. The van der Waals surface area contributed by atoms with Crippen LogP contribution in [0.1, 0.15) is 59.3 Å². The number of hydrogen-bond donors (Lipinski definition) is 0. The van der Waals surface area contributed by atoms with Crippen LogP contribution in [0.3, 0.4) is 0 Å². The molecule has 0 aromatic heterocycles. The van der Waals surface area contributed by atoms with E-state index in [4.69, 9.17) is 4.74 Å². The number of Topliss-reactive ketones (excluding diaryl/α,β-unsaturated/α-hetero) is 1. The Balaban J connectivity index is 1.69. The molecule has 0 aromatic carbocycles. The molecule has 4 nitrogen and oxygen atoms in total. The molecule has 0 bridgehead atoms. The lowest BCUT2D eigenvalue weighted by molar-refractivity contribution is -0.154. The van der Waals surface area contributed by atoms with E-state index in [1.807, 2.05) is 0 Å². The van der Waals surface area contributed by atoms with Crippen LogP contribution in [0.4, 0.5) is 0 Å². The summed E-state index contributed by atoms with van der Waals surface area (Å²) in [5, 5.41) is 0. The topological polar surface area (TPSA) is 60.4 Å². The van der Waals surface area contributed by atoms with E-state index in [9.17, 15) is 14.4 Å². The predicted octanol–water partition coefficient (Wildman–Crippen LogP) is 4.04. The van der Waals surface area contributed by atoms with Crippen molar-refractivity contribution in [2.45, 2.75) is 65.4 Å². The summed E-state index contributed by atoms with van der Waals surface area (Å²) in [5.41, 5.74) is 2.13. The van der Waals surface area contributed by atoms with E-state index in [-0.39, 0.29) is 41.5 Å². The minimum atomic E-state index is -0.367. The first-order chi connectivity index (χ1) is 12.7. The second kappa shape index (κ2) is 6.42. The molecular weight excluding hydrogens is 340 g/mol. The second-order valence-electron chi connectivity index (χ2n) is 9.47. The molecule has 4 aliphatic carbocycles. The molecule has 3 fully saturated rings. The Bertz CT molecular complexity index is 747. The van der Waals surface area contributed by atoms with Crippen molar-refractivity contribution in [1.82, 2.24) is 0 Å². The molecule has 7 atom stereocenters. The average molecular weight is 370 g/mol. The van der Waals surface area contributed by atoms with Crippen LogP contribution in [-0.2, 0) is 19.1 Å². The number of rotatable bonds is 2. The van der Waals surface area contributed by atoms with E-state index >= 15 is 0 Å². The average Bonchev–Trinajstić information content (AvgIpc) is 2.92. The molecule has 0 heterocycles. The number of esters is 1. The van der Waals surface area contributed by atoms with Gasteiger partial charge < -0.3 is 4.74 Å². The van der Waals surface area contributed by atoms with Gasteiger partial charge in [-0.25, -0.2) is 0 Å². The quantitative estimate of drug-likeness (QED) is 0.688. The number of allylic oxidation sites excluding steroid dienone is 1. The van der Waals surface area contributed by atoms with Gasteiger partial charge >= 0.3 is 5.97 Å². The summed E-state index contributed by atoms with van der Waals surface area (Å²) in [7, 11) is 0. The Kier molecular flexibility index (Phi) is 4.44. The fourth-order valence-electron chi connectivity index (χ4n) is 7.15. The van der Waals surface area contributed by atoms with Gasteiger partial charge in [0.25, 0.3) is 0 Å². The second-order valence-corrected chi connectivity index (χ2v) is 9.47. The molecule has 4 rings (SSSR count). The van der Waals surface area contributed by atoms with Gasteiger partial charge in [-0.2, -0.15) is 0 Å². The van der Waals surface area contributed by atoms with Crippen molar-refractivity contribution in [2.24, 2.45) is 35.0 Å². The van der Waals surface area contributed by atoms with Crippen molar-refractivity contribution in [2.75, 3.05) is 0 Å². The van der Waals surface area contributed by atoms with E-state index < -0.39 is 0 Å². The highest BCUT2D eigenvalue weighted by Gasteiger charge is 2.59. The van der Waals surface area contributed by atoms with E-state index in [2.05, 4.69) is 13.5 Å². The number of hydrogen-bond acceptors (Lipinski definition) is 4. The zero-order chi connectivity index (χ0) is 19.5. The predicted molar refractivity (Wildman–Crippen MR) is 102 cm³/mol. The van der Waals surface area contributed by atoms with Gasteiger partial charge in [0.2, 0.25) is 0 Å². The molecule has 0 radical (unpaired) electrons. The minimum absolute atomic E-state index is 0.0326.